The number of esters is 2. The predicted molar refractivity (Wildman–Crippen MR) is 295 cm³/mol. The number of carbonyl (C=O) groups excluding carboxylic acids is 2. The Hall–Kier alpha value is -3.01. The Labute approximate surface area is 431 Å². The molecule has 1 N–H and O–H groups in total. The molecular weight excluding hydrogens is 875 g/mol. The Morgan fingerprint density at radius 1 is 0.443 bits per heavy atom. The van der Waals surface area contributed by atoms with Gasteiger partial charge in [-0.2, -0.15) is 0 Å². The van der Waals surface area contributed by atoms with Gasteiger partial charge in [0.05, 0.1) is 40.8 Å². The van der Waals surface area contributed by atoms with Crippen molar-refractivity contribution in [2.24, 2.45) is 0 Å². The van der Waals surface area contributed by atoms with Gasteiger partial charge < -0.3 is 28.5 Å². The van der Waals surface area contributed by atoms with Crippen LogP contribution in [0.4, 0.5) is 0 Å². The molecule has 0 aromatic heterocycles. The lowest BCUT2D eigenvalue weighted by Crippen LogP contribution is -2.40. The standard InChI is InChI=1S/C61H109NO8/c1-6-8-10-12-14-16-18-20-22-23-24-25-26-27-28-29-30-31-32-33-34-35-36-38-39-41-43-45-47-49-51-58(63)68-55-57(56-69-61(60(65)66)67-54-53-62(3,4)5)70-59(64)52-50-48-46-44-42-40-37-21-19-17-15-13-11-9-7-2/h9,11,15,17,21,37,42,44,48,50,57,61H,6-8,10,12-14,16,18-20,22-36,38-41,43,45-47,49,51-56H2,1-5H3/p+1/b11-9-,17-15-,37-21-,44-42-,50-48-. The summed E-state index contributed by atoms with van der Waals surface area (Å²) in [4.78, 5) is 37.3. The highest BCUT2D eigenvalue weighted by Crippen LogP contribution is 2.17. The minimum atomic E-state index is -1.53. The number of aliphatic carboxylic acids is 1. The van der Waals surface area contributed by atoms with Gasteiger partial charge >= 0.3 is 17.9 Å². The first-order valence-corrected chi connectivity index (χ1v) is 29.0. The molecule has 0 radical (unpaired) electrons. The fourth-order valence-electron chi connectivity index (χ4n) is 8.15. The number of allylic oxidation sites excluding steroid dienone is 9. The third-order valence-electron chi connectivity index (χ3n) is 12.6. The summed E-state index contributed by atoms with van der Waals surface area (Å²) in [5.74, 6) is -2.17. The van der Waals surface area contributed by atoms with Crippen LogP contribution < -0.4 is 0 Å². The number of rotatable bonds is 53. The largest absolute Gasteiger partial charge is 0.477 e. The molecule has 2 unspecified atom stereocenters. The van der Waals surface area contributed by atoms with Crippen LogP contribution in [0.15, 0.2) is 60.8 Å². The number of carboxylic acid groups (broad SMARTS) is 1. The number of ether oxygens (including phenoxy) is 4. The van der Waals surface area contributed by atoms with Crippen LogP contribution >= 0.6 is 0 Å². The van der Waals surface area contributed by atoms with Crippen LogP contribution in [0, 0.1) is 0 Å². The first kappa shape index (κ1) is 67.0. The average molecular weight is 986 g/mol. The zero-order valence-corrected chi connectivity index (χ0v) is 46.2. The Morgan fingerprint density at radius 2 is 0.800 bits per heavy atom. The van der Waals surface area contributed by atoms with Crippen LogP contribution in [0.25, 0.3) is 0 Å². The summed E-state index contributed by atoms with van der Waals surface area (Å²) in [6, 6.07) is 0. The van der Waals surface area contributed by atoms with Crippen LogP contribution in [0.3, 0.4) is 0 Å². The Morgan fingerprint density at radius 3 is 1.16 bits per heavy atom. The van der Waals surface area contributed by atoms with Crippen molar-refractivity contribution < 1.29 is 42.9 Å². The molecule has 0 bridgehead atoms. The molecule has 0 aliphatic carbocycles. The molecule has 9 nitrogen and oxygen atoms in total. The van der Waals surface area contributed by atoms with E-state index < -0.39 is 24.3 Å². The molecule has 0 amide bonds. The maximum absolute atomic E-state index is 12.8. The number of carboxylic acids is 1. The molecule has 0 saturated carbocycles. The minimum Gasteiger partial charge on any atom is -0.477 e. The van der Waals surface area contributed by atoms with Crippen LogP contribution in [-0.4, -0.2) is 87.4 Å². The number of hydrogen-bond donors (Lipinski definition) is 1. The zero-order chi connectivity index (χ0) is 51.3. The number of unbranched alkanes of at least 4 members (excludes halogenated alkanes) is 29. The summed E-state index contributed by atoms with van der Waals surface area (Å²) >= 11 is 0. The summed E-state index contributed by atoms with van der Waals surface area (Å²) < 4.78 is 22.7. The molecular formula is C61H110NO8+. The Balaban J connectivity index is 4.15. The molecule has 0 spiro atoms. The fourth-order valence-corrected chi connectivity index (χ4v) is 8.15. The summed E-state index contributed by atoms with van der Waals surface area (Å²) in [6.45, 7) is 4.67. The second-order valence-corrected chi connectivity index (χ2v) is 20.6. The van der Waals surface area contributed by atoms with Crippen molar-refractivity contribution in [3.8, 4) is 0 Å². The Kier molecular flexibility index (Phi) is 50.1. The van der Waals surface area contributed by atoms with E-state index in [0.29, 0.717) is 17.4 Å². The highest BCUT2D eigenvalue weighted by Gasteiger charge is 2.25. The minimum absolute atomic E-state index is 0.0278. The van der Waals surface area contributed by atoms with Crippen LogP contribution in [0.5, 0.6) is 0 Å². The monoisotopic (exact) mass is 985 g/mol. The van der Waals surface area contributed by atoms with Crippen molar-refractivity contribution in [3.63, 3.8) is 0 Å². The smallest absolute Gasteiger partial charge is 0.361 e. The van der Waals surface area contributed by atoms with E-state index in [-0.39, 0.29) is 38.6 Å². The van der Waals surface area contributed by atoms with Crippen LogP contribution in [-0.2, 0) is 33.3 Å². The van der Waals surface area contributed by atoms with E-state index in [1.807, 2.05) is 33.3 Å². The van der Waals surface area contributed by atoms with Gasteiger partial charge in [0, 0.05) is 6.42 Å². The highest BCUT2D eigenvalue weighted by atomic mass is 16.7. The fraction of sp³-hybridized carbons (Fsp3) is 0.787. The van der Waals surface area contributed by atoms with Gasteiger partial charge in [0.1, 0.15) is 13.2 Å². The molecule has 0 aliphatic heterocycles. The molecule has 70 heavy (non-hydrogen) atoms. The second kappa shape index (κ2) is 52.3. The van der Waals surface area contributed by atoms with E-state index in [0.717, 1.165) is 44.9 Å². The van der Waals surface area contributed by atoms with Gasteiger partial charge in [0.25, 0.3) is 6.29 Å². The number of likely N-dealkylation sites (N-methyl/N-ethyl adjacent to an activating group) is 1. The quantitative estimate of drug-likeness (QED) is 0.0211. The maximum atomic E-state index is 12.8. The van der Waals surface area contributed by atoms with E-state index >= 15 is 0 Å². The SMILES string of the molecule is CC/C=C\C/C=C\C/C=C\C/C=C\C/C=C\CC(=O)OC(COC(=O)CCCCCCCCCCCCCCCCCCCCCCCCCCCCCCCC)COC(OCC[N+](C)(C)C)C(=O)O. The van der Waals surface area contributed by atoms with Gasteiger partial charge in [0.15, 0.2) is 6.10 Å². The summed E-state index contributed by atoms with van der Waals surface area (Å²) in [5.41, 5.74) is 0. The van der Waals surface area contributed by atoms with Gasteiger partial charge in [-0.1, -0.05) is 261 Å². The molecule has 0 rings (SSSR count). The lowest BCUT2D eigenvalue weighted by Gasteiger charge is -2.25. The molecule has 0 aromatic carbocycles. The van der Waals surface area contributed by atoms with Crippen molar-refractivity contribution in [3.05, 3.63) is 60.8 Å². The lowest BCUT2D eigenvalue weighted by atomic mass is 10.0. The van der Waals surface area contributed by atoms with Gasteiger partial charge in [0.2, 0.25) is 0 Å². The van der Waals surface area contributed by atoms with Crippen LogP contribution in [0.1, 0.15) is 251 Å². The first-order chi connectivity index (χ1) is 34.1. The molecule has 0 heterocycles. The third kappa shape index (κ3) is 52.8. The van der Waals surface area contributed by atoms with E-state index in [4.69, 9.17) is 18.9 Å². The van der Waals surface area contributed by atoms with Crippen LogP contribution in [0.2, 0.25) is 0 Å². The highest BCUT2D eigenvalue weighted by molar-refractivity contribution is 5.72. The summed E-state index contributed by atoms with van der Waals surface area (Å²) in [6.07, 6.45) is 63.6. The number of nitrogens with zero attached hydrogens (tertiary/aromatic N) is 1. The van der Waals surface area contributed by atoms with Crippen molar-refractivity contribution >= 4 is 17.9 Å². The van der Waals surface area contributed by atoms with Crippen molar-refractivity contribution in [2.75, 3.05) is 47.5 Å². The van der Waals surface area contributed by atoms with Crippen molar-refractivity contribution in [2.45, 2.75) is 264 Å². The van der Waals surface area contributed by atoms with Crippen molar-refractivity contribution in [1.29, 1.82) is 0 Å². The molecule has 0 fully saturated rings. The third-order valence-corrected chi connectivity index (χ3v) is 12.6. The molecule has 2 atom stereocenters. The number of hydrogen-bond acceptors (Lipinski definition) is 7. The number of quaternary nitrogens is 1. The molecule has 406 valence electrons. The van der Waals surface area contributed by atoms with Crippen molar-refractivity contribution in [1.82, 2.24) is 0 Å². The molecule has 0 saturated heterocycles. The number of carbonyl (C=O) groups is 3. The Bertz CT molecular complexity index is 1330. The molecule has 0 aliphatic rings. The van der Waals surface area contributed by atoms with Gasteiger partial charge in [-0.15, -0.1) is 0 Å². The average Bonchev–Trinajstić information content (AvgIpc) is 3.33. The molecule has 9 heteroatoms. The first-order valence-electron chi connectivity index (χ1n) is 29.0. The van der Waals surface area contributed by atoms with E-state index in [1.54, 1.807) is 6.08 Å². The second-order valence-electron chi connectivity index (χ2n) is 20.6. The zero-order valence-electron chi connectivity index (χ0n) is 46.2. The predicted octanol–water partition coefficient (Wildman–Crippen LogP) is 16.8. The molecule has 0 aromatic rings. The summed E-state index contributed by atoms with van der Waals surface area (Å²) in [5, 5.41) is 9.67. The van der Waals surface area contributed by atoms with Gasteiger partial charge in [-0.25, -0.2) is 4.79 Å². The van der Waals surface area contributed by atoms with E-state index in [1.165, 1.54) is 173 Å². The van der Waals surface area contributed by atoms with Gasteiger partial charge in [-0.05, 0) is 38.5 Å². The maximum Gasteiger partial charge on any atom is 0.361 e. The topological polar surface area (TPSA) is 108 Å². The lowest BCUT2D eigenvalue weighted by molar-refractivity contribution is -0.870. The summed E-state index contributed by atoms with van der Waals surface area (Å²) in [7, 11) is 5.94. The van der Waals surface area contributed by atoms with E-state index in [2.05, 4.69) is 56.4 Å². The van der Waals surface area contributed by atoms with E-state index in [9.17, 15) is 19.5 Å². The normalized spacial score (nSPS) is 13.2. The van der Waals surface area contributed by atoms with Gasteiger partial charge in [-0.3, -0.25) is 9.59 Å².